The van der Waals surface area contributed by atoms with Crippen LogP contribution in [0.25, 0.3) is 0 Å². The summed E-state index contributed by atoms with van der Waals surface area (Å²) in [5.41, 5.74) is 2.40. The molecule has 2 saturated heterocycles. The number of nitrogens with zero attached hydrogens (tertiary/aromatic N) is 2. The molecule has 4 nitrogen and oxygen atoms in total. The lowest BCUT2D eigenvalue weighted by Gasteiger charge is -2.42. The Morgan fingerprint density at radius 1 is 1.14 bits per heavy atom. The molecule has 2 aromatic rings. The van der Waals surface area contributed by atoms with Gasteiger partial charge in [0.05, 0.1) is 12.1 Å². The minimum atomic E-state index is -0.106. The van der Waals surface area contributed by atoms with Crippen LogP contribution >= 0.6 is 11.6 Å². The Kier molecular flexibility index (Phi) is 5.51. The Hall–Kier alpha value is -2.17. The van der Waals surface area contributed by atoms with Crippen molar-refractivity contribution in [3.05, 3.63) is 70.7 Å². The van der Waals surface area contributed by atoms with Crippen molar-refractivity contribution in [3.63, 3.8) is 0 Å². The highest BCUT2D eigenvalue weighted by Crippen LogP contribution is 2.47. The molecule has 0 spiro atoms. The first kappa shape index (κ1) is 19.2. The van der Waals surface area contributed by atoms with E-state index in [4.69, 9.17) is 11.6 Å². The highest BCUT2D eigenvalue weighted by Gasteiger charge is 2.48. The molecule has 4 unspecified atom stereocenters. The zero-order valence-corrected chi connectivity index (χ0v) is 16.7. The maximum atomic E-state index is 13.5. The zero-order valence-electron chi connectivity index (χ0n) is 16.0. The van der Waals surface area contributed by atoms with Crippen LogP contribution in [-0.2, 0) is 4.79 Å². The Labute approximate surface area is 170 Å². The second kappa shape index (κ2) is 8.06. The normalized spacial score (nSPS) is 27.7. The first-order valence-electron chi connectivity index (χ1n) is 9.85. The first-order chi connectivity index (χ1) is 13.6. The summed E-state index contributed by atoms with van der Waals surface area (Å²) >= 11 is 6.08. The smallest absolute Gasteiger partial charge is 0.144 e. The van der Waals surface area contributed by atoms with Crippen LogP contribution in [-0.4, -0.2) is 40.7 Å². The molecular weight excluding hydrogens is 372 g/mol. The summed E-state index contributed by atoms with van der Waals surface area (Å²) in [4.78, 5) is 15.9. The Morgan fingerprint density at radius 2 is 1.86 bits per heavy atom. The molecular formula is C23H25ClN2O2. The van der Waals surface area contributed by atoms with E-state index in [1.165, 1.54) is 5.56 Å². The quantitative estimate of drug-likeness (QED) is 0.451. The van der Waals surface area contributed by atoms with E-state index in [2.05, 4.69) is 29.2 Å². The fourth-order valence-corrected chi connectivity index (χ4v) is 5.19. The highest BCUT2D eigenvalue weighted by atomic mass is 35.5. The number of benzene rings is 2. The Morgan fingerprint density at radius 3 is 2.54 bits per heavy atom. The monoisotopic (exact) mass is 396 g/mol. The van der Waals surface area contributed by atoms with Gasteiger partial charge in [0.15, 0.2) is 0 Å². The number of oxime groups is 1. The van der Waals surface area contributed by atoms with Crippen LogP contribution in [0.1, 0.15) is 42.7 Å². The largest absolute Gasteiger partial charge is 0.411 e. The molecule has 2 aromatic carbocycles. The average Bonchev–Trinajstić information content (AvgIpc) is 2.95. The van der Waals surface area contributed by atoms with Gasteiger partial charge in [-0.15, -0.1) is 0 Å². The fraction of sp³-hybridized carbons (Fsp3) is 0.391. The van der Waals surface area contributed by atoms with Crippen LogP contribution in [0.5, 0.6) is 0 Å². The predicted octanol–water partition coefficient (Wildman–Crippen LogP) is 4.74. The lowest BCUT2D eigenvalue weighted by Crippen LogP contribution is -2.49. The van der Waals surface area contributed by atoms with Gasteiger partial charge in [-0.05, 0) is 55.5 Å². The van der Waals surface area contributed by atoms with Crippen LogP contribution in [0.3, 0.4) is 0 Å². The van der Waals surface area contributed by atoms with E-state index in [0.29, 0.717) is 16.8 Å². The summed E-state index contributed by atoms with van der Waals surface area (Å²) in [5, 5.41) is 13.7. The van der Waals surface area contributed by atoms with Crippen molar-refractivity contribution in [2.75, 3.05) is 7.05 Å². The molecule has 0 saturated carbocycles. The van der Waals surface area contributed by atoms with Crippen molar-refractivity contribution in [2.24, 2.45) is 11.1 Å². The van der Waals surface area contributed by atoms with E-state index < -0.39 is 0 Å². The number of Topliss-reactive ketones (excluding diaryl/α,β-unsaturated/α-hetero) is 1. The van der Waals surface area contributed by atoms with Gasteiger partial charge >= 0.3 is 0 Å². The molecule has 4 atom stereocenters. The lowest BCUT2D eigenvalue weighted by molar-refractivity contribution is -0.125. The molecule has 2 aliphatic heterocycles. The minimum Gasteiger partial charge on any atom is -0.411 e. The van der Waals surface area contributed by atoms with Crippen molar-refractivity contribution in [3.8, 4) is 0 Å². The van der Waals surface area contributed by atoms with E-state index in [0.717, 1.165) is 24.8 Å². The molecule has 2 aliphatic rings. The summed E-state index contributed by atoms with van der Waals surface area (Å²) in [6.07, 6.45) is 3.29. The number of carbonyl (C=O) groups excluding carboxylic acids is 1. The van der Waals surface area contributed by atoms with Gasteiger partial charge in [-0.1, -0.05) is 59.2 Å². The molecule has 0 aromatic heterocycles. The maximum Gasteiger partial charge on any atom is 0.144 e. The van der Waals surface area contributed by atoms with Crippen molar-refractivity contribution >= 4 is 23.1 Å². The van der Waals surface area contributed by atoms with Crippen LogP contribution in [0.4, 0.5) is 0 Å². The molecule has 2 bridgehead atoms. The highest BCUT2D eigenvalue weighted by molar-refractivity contribution is 6.30. The van der Waals surface area contributed by atoms with E-state index >= 15 is 0 Å². The van der Waals surface area contributed by atoms with E-state index in [1.807, 2.05) is 42.5 Å². The summed E-state index contributed by atoms with van der Waals surface area (Å²) in [5.74, 6) is 0.216. The van der Waals surface area contributed by atoms with E-state index in [9.17, 15) is 10.0 Å². The van der Waals surface area contributed by atoms with E-state index in [-0.39, 0.29) is 30.1 Å². The predicted molar refractivity (Wildman–Crippen MR) is 111 cm³/mol. The Balaban J connectivity index is 1.63. The number of hydrogen-bond donors (Lipinski definition) is 1. The van der Waals surface area contributed by atoms with Gasteiger partial charge in [-0.25, -0.2) is 0 Å². The SMILES string of the molecule is CN1C2CCC1C(C(=O)C/C(=N/O)c1ccccc1)C(c1ccc(Cl)cc1)C2. The van der Waals surface area contributed by atoms with Gasteiger partial charge in [0, 0.05) is 23.0 Å². The molecule has 1 N–H and O–H groups in total. The minimum absolute atomic E-state index is 0.106. The molecule has 0 radical (unpaired) electrons. The third kappa shape index (κ3) is 3.59. The third-order valence-electron chi connectivity index (χ3n) is 6.51. The number of piperidine rings is 1. The molecule has 2 fully saturated rings. The van der Waals surface area contributed by atoms with Crippen molar-refractivity contribution < 1.29 is 10.0 Å². The lowest BCUT2D eigenvalue weighted by atomic mass is 9.73. The summed E-state index contributed by atoms with van der Waals surface area (Å²) in [6, 6.07) is 18.1. The summed E-state index contributed by atoms with van der Waals surface area (Å²) in [6.45, 7) is 0. The molecule has 0 aliphatic carbocycles. The molecule has 4 rings (SSSR count). The molecule has 28 heavy (non-hydrogen) atoms. The number of rotatable bonds is 5. The summed E-state index contributed by atoms with van der Waals surface area (Å²) < 4.78 is 0. The van der Waals surface area contributed by atoms with Gasteiger partial charge < -0.3 is 5.21 Å². The van der Waals surface area contributed by atoms with Crippen molar-refractivity contribution in [2.45, 2.75) is 43.7 Å². The third-order valence-corrected chi connectivity index (χ3v) is 6.76. The van der Waals surface area contributed by atoms with Crippen LogP contribution in [0.15, 0.2) is 59.8 Å². The first-order valence-corrected chi connectivity index (χ1v) is 10.2. The van der Waals surface area contributed by atoms with Crippen molar-refractivity contribution in [1.82, 2.24) is 4.90 Å². The van der Waals surface area contributed by atoms with Crippen LogP contribution in [0.2, 0.25) is 5.02 Å². The molecule has 2 heterocycles. The van der Waals surface area contributed by atoms with Gasteiger partial charge in [-0.2, -0.15) is 0 Å². The molecule has 0 amide bonds. The molecule has 146 valence electrons. The number of fused-ring (bicyclic) bond motifs is 2. The van der Waals surface area contributed by atoms with Crippen molar-refractivity contribution in [1.29, 1.82) is 0 Å². The van der Waals surface area contributed by atoms with Gasteiger partial charge in [-0.3, -0.25) is 9.69 Å². The zero-order chi connectivity index (χ0) is 19.7. The maximum absolute atomic E-state index is 13.5. The van der Waals surface area contributed by atoms with E-state index in [1.54, 1.807) is 0 Å². The number of hydrogen-bond acceptors (Lipinski definition) is 4. The topological polar surface area (TPSA) is 52.9 Å². The summed E-state index contributed by atoms with van der Waals surface area (Å²) in [7, 11) is 2.14. The second-order valence-electron chi connectivity index (χ2n) is 7.94. The van der Waals surface area contributed by atoms with Gasteiger partial charge in [0.2, 0.25) is 0 Å². The Bertz CT molecular complexity index is 866. The average molecular weight is 397 g/mol. The van der Waals surface area contributed by atoms with Crippen LogP contribution < -0.4 is 0 Å². The standard InChI is InChI=1S/C23H25ClN2O2/c1-26-18-11-12-21(26)23(19(13-18)15-7-9-17(24)10-8-15)22(27)14-20(25-28)16-5-3-2-4-6-16/h2-10,18-19,21,23,28H,11-14H2,1H3/b25-20-. The van der Waals surface area contributed by atoms with Crippen LogP contribution in [0, 0.1) is 5.92 Å². The van der Waals surface area contributed by atoms with Gasteiger partial charge in [0.25, 0.3) is 0 Å². The number of carbonyl (C=O) groups is 1. The number of ketones is 1. The number of halogens is 1. The molecule has 5 heteroatoms. The fourth-order valence-electron chi connectivity index (χ4n) is 5.07. The van der Waals surface area contributed by atoms with Gasteiger partial charge in [0.1, 0.15) is 5.78 Å². The second-order valence-corrected chi connectivity index (χ2v) is 8.38.